The number of carboxylic acid groups (broad SMARTS) is 1. The Balaban J connectivity index is 0. The number of aromatic nitrogens is 4. The fraction of sp³-hybridized carbons (Fsp3) is 0. The van der Waals surface area contributed by atoms with E-state index in [1.807, 2.05) is 36.4 Å². The molecule has 0 spiro atoms. The topological polar surface area (TPSA) is 279 Å². The van der Waals surface area contributed by atoms with Crippen LogP contribution in [0, 0.1) is 0 Å². The van der Waals surface area contributed by atoms with Crippen LogP contribution < -0.4 is 5.11 Å². The average Bonchev–Trinajstić information content (AvgIpc) is 2.98. The molecule has 0 bridgehead atoms. The number of carboxylic acids is 1. The molecule has 0 unspecified atom stereocenters. The Kier molecular flexibility index (Phi) is 18.3. The van der Waals surface area contributed by atoms with Gasteiger partial charge in [0.2, 0.25) is 0 Å². The summed E-state index contributed by atoms with van der Waals surface area (Å²) in [5.74, 6) is -1.52. The summed E-state index contributed by atoms with van der Waals surface area (Å²) in [6, 6.07) is 24.2. The predicted octanol–water partition coefficient (Wildman–Crippen LogP) is 0.288. The van der Waals surface area contributed by atoms with E-state index >= 15 is 0 Å². The van der Waals surface area contributed by atoms with Gasteiger partial charge in [-0.3, -0.25) is 19.9 Å². The van der Waals surface area contributed by atoms with Crippen molar-refractivity contribution in [1.29, 1.82) is 0 Å². The van der Waals surface area contributed by atoms with E-state index in [0.29, 0.717) is 0 Å². The molecule has 0 amide bonds. The van der Waals surface area contributed by atoms with Crippen molar-refractivity contribution in [2.24, 2.45) is 0 Å². The number of aromatic carboxylic acids is 1. The van der Waals surface area contributed by atoms with Crippen LogP contribution in [0.3, 0.4) is 0 Å². The Morgan fingerprint density at radius 3 is 1.43 bits per heavy atom. The molecule has 0 fully saturated rings. The van der Waals surface area contributed by atoms with Gasteiger partial charge in [0, 0.05) is 48.0 Å². The molecule has 0 atom stereocenters. The fourth-order valence-electron chi connectivity index (χ4n) is 3.55. The van der Waals surface area contributed by atoms with Gasteiger partial charge in [0.15, 0.2) is 0 Å². The maximum Gasteiger partial charge on any atom is 2.00 e. The Bertz CT molecular complexity index is 1740. The van der Waals surface area contributed by atoms with Gasteiger partial charge in [-0.05, 0) is 65.2 Å². The van der Waals surface area contributed by atoms with Crippen LogP contribution in [-0.4, -0.2) is 44.4 Å². The van der Waals surface area contributed by atoms with E-state index in [1.54, 1.807) is 37.2 Å². The second kappa shape index (κ2) is 19.5. The largest absolute Gasteiger partial charge is 2.00 e. The van der Waals surface area contributed by atoms with E-state index in [9.17, 15) is 22.9 Å². The third-order valence-corrected chi connectivity index (χ3v) is 6.23. The molecule has 6 aromatic rings. The number of fused-ring (bicyclic) bond motifs is 3. The van der Waals surface area contributed by atoms with Crippen molar-refractivity contribution in [2.45, 2.75) is 4.90 Å². The Hall–Kier alpha value is -4.70. The summed E-state index contributed by atoms with van der Waals surface area (Å²) in [4.78, 5) is 26.3. The standard InChI is InChI=1S/C12H8N2.C10H8N2.C7H6O5S.Mn.4H2O/c1-3-9-5-6-10-4-2-8-14-12(10)11(9)13-7-1;1-5-11-6-2-9(1)10-3-7-12-8-4-10;8-7(9)5-2-1-3-6(4-5)13(10,11)12;;;;;/h1-8H;1-8H;1-4H,(H,8,9)(H,10,11,12);;4*1H2/q;;;+2;;;;/p+1. The first-order chi connectivity index (χ1) is 18.8. The molecule has 13 nitrogen and oxygen atoms in total. The quantitative estimate of drug-likeness (QED) is 0.108. The molecule has 15 heteroatoms. The minimum absolute atomic E-state index is 0. The van der Waals surface area contributed by atoms with E-state index in [0.717, 1.165) is 46.1 Å². The molecular formula is C29H31MnN4O9S+3. The maximum absolute atomic E-state index is 10.4. The summed E-state index contributed by atoms with van der Waals surface area (Å²) < 4.78 is 31.3. The molecule has 2 aromatic carbocycles. The minimum atomic E-state index is -4.60. The van der Waals surface area contributed by atoms with Gasteiger partial charge >= 0.3 is 17.1 Å². The van der Waals surface area contributed by atoms with Crippen LogP contribution in [0.4, 0.5) is 0 Å². The normalized spacial score (nSPS) is 9.39. The summed E-state index contributed by atoms with van der Waals surface area (Å²) in [6.45, 7) is 0. The predicted molar refractivity (Wildman–Crippen MR) is 161 cm³/mol. The molecule has 0 saturated heterocycles. The Labute approximate surface area is 262 Å². The molecule has 1 radical (unpaired) electrons. The molecule has 0 aliphatic heterocycles. The first kappa shape index (κ1) is 41.4. The first-order valence-corrected chi connectivity index (χ1v) is 12.9. The van der Waals surface area contributed by atoms with Gasteiger partial charge in [0.05, 0.1) is 21.9 Å². The molecule has 0 aliphatic carbocycles. The first-order valence-electron chi connectivity index (χ1n) is 11.5. The number of rotatable bonds is 3. The van der Waals surface area contributed by atoms with Crippen LogP contribution in [0.5, 0.6) is 0 Å². The van der Waals surface area contributed by atoms with Gasteiger partial charge in [0.1, 0.15) is 10.1 Å². The van der Waals surface area contributed by atoms with Crippen LogP contribution in [-0.2, 0) is 43.6 Å². The number of hydrogen-bond acceptors (Lipinski definition) is 9. The third kappa shape index (κ3) is 11.2. The van der Waals surface area contributed by atoms with Crippen LogP contribution in [0.15, 0.2) is 127 Å². The zero-order valence-electron chi connectivity index (χ0n) is 22.9. The van der Waals surface area contributed by atoms with Gasteiger partial charge in [-0.1, -0.05) is 36.4 Å². The zero-order chi connectivity index (χ0) is 27.7. The zero-order valence-corrected chi connectivity index (χ0v) is 24.9. The number of nitrogens with zero attached hydrogens (tertiary/aromatic N) is 4. The molecule has 11 N–H and O–H groups in total. The average molecular weight is 667 g/mol. The van der Waals surface area contributed by atoms with Crippen LogP contribution in [0.25, 0.3) is 32.9 Å². The van der Waals surface area contributed by atoms with Crippen LogP contribution in [0.2, 0.25) is 0 Å². The van der Waals surface area contributed by atoms with Crippen molar-refractivity contribution in [3.8, 4) is 11.1 Å². The van der Waals surface area contributed by atoms with E-state index in [4.69, 9.17) is 0 Å². The Morgan fingerprint density at radius 1 is 0.614 bits per heavy atom. The van der Waals surface area contributed by atoms with Crippen molar-refractivity contribution >= 4 is 37.9 Å². The molecular weight excluding hydrogens is 635 g/mol. The number of pyridine rings is 4. The van der Waals surface area contributed by atoms with Crippen molar-refractivity contribution < 1.29 is 61.8 Å². The maximum atomic E-state index is 10.4. The molecule has 231 valence electrons. The second-order valence-electron chi connectivity index (χ2n) is 7.96. The van der Waals surface area contributed by atoms with Gasteiger partial charge in [-0.25, -0.2) is 8.42 Å². The van der Waals surface area contributed by atoms with E-state index in [-0.39, 0.29) is 44.5 Å². The summed E-state index contributed by atoms with van der Waals surface area (Å²) in [6.07, 6.45) is 10.8. The number of hydrogen-bond donors (Lipinski definition) is 0. The van der Waals surface area contributed by atoms with E-state index in [2.05, 4.69) is 44.2 Å². The van der Waals surface area contributed by atoms with Gasteiger partial charge in [0.25, 0.3) is 0 Å². The molecule has 0 aliphatic rings. The minimum Gasteiger partial charge on any atom is -0.744 e. The van der Waals surface area contributed by atoms with Gasteiger partial charge < -0.3 is 36.4 Å². The number of carbonyl (C=O) groups excluding carboxylic acids is 1. The summed E-state index contributed by atoms with van der Waals surface area (Å²) in [7, 11) is -4.60. The van der Waals surface area contributed by atoms with Crippen molar-refractivity contribution in [3.05, 3.63) is 128 Å². The van der Waals surface area contributed by atoms with Crippen molar-refractivity contribution in [1.82, 2.24) is 19.9 Å². The molecule has 0 saturated carbocycles. The van der Waals surface area contributed by atoms with Crippen LogP contribution in [0.1, 0.15) is 10.4 Å². The fourth-order valence-corrected chi connectivity index (χ4v) is 4.06. The Morgan fingerprint density at radius 2 is 1.05 bits per heavy atom. The smallest absolute Gasteiger partial charge is 0.744 e. The summed E-state index contributed by atoms with van der Waals surface area (Å²) in [5, 5.41) is 12.5. The molecule has 6 rings (SSSR count). The van der Waals surface area contributed by atoms with Crippen molar-refractivity contribution in [3.63, 3.8) is 0 Å². The van der Waals surface area contributed by atoms with Gasteiger partial charge in [-0.2, -0.15) is 0 Å². The summed E-state index contributed by atoms with van der Waals surface area (Å²) in [5.41, 5.74) is 3.97. The monoisotopic (exact) mass is 666 g/mol. The van der Waals surface area contributed by atoms with Gasteiger partial charge in [-0.15, -0.1) is 0 Å². The van der Waals surface area contributed by atoms with E-state index in [1.165, 1.54) is 11.1 Å². The molecule has 44 heavy (non-hydrogen) atoms. The number of carbonyl (C=O) groups is 1. The van der Waals surface area contributed by atoms with E-state index < -0.39 is 21.0 Å². The van der Waals surface area contributed by atoms with Crippen molar-refractivity contribution in [2.75, 3.05) is 0 Å². The second-order valence-corrected chi connectivity index (χ2v) is 9.34. The summed E-state index contributed by atoms with van der Waals surface area (Å²) >= 11 is 0. The third-order valence-electron chi connectivity index (χ3n) is 5.40. The molecule has 4 aromatic heterocycles. The molecule has 4 heterocycles. The number of benzene rings is 2. The van der Waals surface area contributed by atoms with Crippen LogP contribution >= 0.6 is 0 Å². The SMILES string of the molecule is O.O=C([O-])c1cccc(S(=O)(=O)[O-])c1.[Mn+2].[OH3+].[OH3+].[OH3+].c1cc(-c2ccncc2)ccn1.c1cnc2c(c1)ccc1cccnc12.